The number of nitrogens with zero attached hydrogens (tertiary/aromatic N) is 1. The zero-order chi connectivity index (χ0) is 13.1. The molecule has 1 aromatic carbocycles. The smallest absolute Gasteiger partial charge is 0.358 e. The van der Waals surface area contributed by atoms with Gasteiger partial charge in [0, 0.05) is 11.3 Å². The molecule has 0 atom stereocenters. The van der Waals surface area contributed by atoms with Gasteiger partial charge in [-0.3, -0.25) is 0 Å². The maximum absolute atomic E-state index is 11.6. The molecule has 2 aromatic rings. The van der Waals surface area contributed by atoms with Gasteiger partial charge in [0.15, 0.2) is 5.69 Å². The summed E-state index contributed by atoms with van der Waals surface area (Å²) in [5.41, 5.74) is 3.30. The summed E-state index contributed by atoms with van der Waals surface area (Å²) in [6.07, 6.45) is 0.712. The summed E-state index contributed by atoms with van der Waals surface area (Å²) in [5.74, 6) is 0.304. The molecule has 0 aliphatic carbocycles. The van der Waals surface area contributed by atoms with E-state index in [2.05, 4.69) is 9.97 Å². The lowest BCUT2D eigenvalue weighted by Crippen LogP contribution is -2.04. The summed E-state index contributed by atoms with van der Waals surface area (Å²) >= 11 is 0. The molecule has 0 unspecified atom stereocenters. The van der Waals surface area contributed by atoms with Gasteiger partial charge in [-0.1, -0.05) is 30.7 Å². The fourth-order valence-electron chi connectivity index (χ4n) is 1.86. The van der Waals surface area contributed by atoms with Crippen molar-refractivity contribution in [2.45, 2.75) is 20.3 Å². The Morgan fingerprint density at radius 2 is 2.22 bits per heavy atom. The number of imidazole rings is 1. The first-order chi connectivity index (χ1) is 8.65. The van der Waals surface area contributed by atoms with Gasteiger partial charge < -0.3 is 9.72 Å². The number of esters is 1. The van der Waals surface area contributed by atoms with Crippen LogP contribution in [0.25, 0.3) is 11.4 Å². The van der Waals surface area contributed by atoms with E-state index in [0.717, 1.165) is 16.8 Å². The molecule has 4 heteroatoms. The Bertz CT molecular complexity index is 573. The topological polar surface area (TPSA) is 55.0 Å². The van der Waals surface area contributed by atoms with Crippen molar-refractivity contribution < 1.29 is 9.53 Å². The standard InChI is InChI=1S/C14H16N2O2/c1-4-11-12(14(17)18-3)16-13(15-11)10-7-5-6-9(2)8-10/h5-8H,4H2,1-3H3,(H,15,16). The van der Waals surface area contributed by atoms with Gasteiger partial charge in [-0.25, -0.2) is 9.78 Å². The molecule has 1 heterocycles. The normalized spacial score (nSPS) is 10.4. The van der Waals surface area contributed by atoms with Gasteiger partial charge in [-0.15, -0.1) is 0 Å². The van der Waals surface area contributed by atoms with Crippen LogP contribution in [-0.4, -0.2) is 23.0 Å². The van der Waals surface area contributed by atoms with E-state index in [0.29, 0.717) is 17.9 Å². The van der Waals surface area contributed by atoms with Crippen LogP contribution in [0, 0.1) is 6.92 Å². The number of nitrogens with one attached hydrogen (secondary N) is 1. The molecule has 0 spiro atoms. The Kier molecular flexibility index (Phi) is 3.46. The van der Waals surface area contributed by atoms with Crippen molar-refractivity contribution >= 4 is 5.97 Å². The van der Waals surface area contributed by atoms with Gasteiger partial charge in [-0.05, 0) is 19.4 Å². The molecule has 0 amide bonds. The van der Waals surface area contributed by atoms with Gasteiger partial charge in [0.2, 0.25) is 0 Å². The molecular formula is C14H16N2O2. The molecule has 1 N–H and O–H groups in total. The van der Waals surface area contributed by atoms with Crippen LogP contribution in [0.1, 0.15) is 28.7 Å². The number of H-pyrrole nitrogens is 1. The van der Waals surface area contributed by atoms with Crippen LogP contribution in [0.2, 0.25) is 0 Å². The predicted molar refractivity (Wildman–Crippen MR) is 69.5 cm³/mol. The minimum absolute atomic E-state index is 0.372. The fourth-order valence-corrected chi connectivity index (χ4v) is 1.86. The molecule has 94 valence electrons. The van der Waals surface area contributed by atoms with Crippen molar-refractivity contribution in [3.63, 3.8) is 0 Å². The second kappa shape index (κ2) is 5.04. The number of ether oxygens (including phenoxy) is 1. The molecule has 0 saturated heterocycles. The lowest BCUT2D eigenvalue weighted by molar-refractivity contribution is 0.0593. The van der Waals surface area contributed by atoms with Crippen molar-refractivity contribution in [3.8, 4) is 11.4 Å². The number of carbonyl (C=O) groups excluding carboxylic acids is 1. The molecule has 0 radical (unpaired) electrons. The fraction of sp³-hybridized carbons (Fsp3) is 0.286. The lowest BCUT2D eigenvalue weighted by Gasteiger charge is -1.97. The maximum Gasteiger partial charge on any atom is 0.358 e. The zero-order valence-electron chi connectivity index (χ0n) is 10.8. The molecule has 0 bridgehead atoms. The van der Waals surface area contributed by atoms with E-state index < -0.39 is 5.97 Å². The van der Waals surface area contributed by atoms with Gasteiger partial charge >= 0.3 is 5.97 Å². The van der Waals surface area contributed by atoms with E-state index in [1.807, 2.05) is 38.1 Å². The molecular weight excluding hydrogens is 228 g/mol. The number of aromatic amines is 1. The molecule has 1 aromatic heterocycles. The van der Waals surface area contributed by atoms with Crippen molar-refractivity contribution in [2.24, 2.45) is 0 Å². The number of hydrogen-bond acceptors (Lipinski definition) is 3. The third-order valence-electron chi connectivity index (χ3n) is 2.80. The molecule has 0 aliphatic rings. The monoisotopic (exact) mass is 244 g/mol. The van der Waals surface area contributed by atoms with Gasteiger partial charge in [0.1, 0.15) is 5.82 Å². The highest BCUT2D eigenvalue weighted by molar-refractivity contribution is 5.89. The number of methoxy groups -OCH3 is 1. The van der Waals surface area contributed by atoms with E-state index >= 15 is 0 Å². The molecule has 4 nitrogen and oxygen atoms in total. The van der Waals surface area contributed by atoms with Crippen LogP contribution in [-0.2, 0) is 11.2 Å². The van der Waals surface area contributed by atoms with Crippen molar-refractivity contribution in [3.05, 3.63) is 41.2 Å². The largest absolute Gasteiger partial charge is 0.464 e. The SMILES string of the molecule is CCc1[nH]c(-c2cccc(C)c2)nc1C(=O)OC. The highest BCUT2D eigenvalue weighted by Crippen LogP contribution is 2.20. The minimum atomic E-state index is -0.401. The van der Waals surface area contributed by atoms with Crippen LogP contribution in [0.15, 0.2) is 24.3 Å². The van der Waals surface area contributed by atoms with Crippen molar-refractivity contribution in [1.82, 2.24) is 9.97 Å². The molecule has 2 rings (SSSR count). The average Bonchev–Trinajstić information content (AvgIpc) is 2.82. The van der Waals surface area contributed by atoms with E-state index in [4.69, 9.17) is 4.74 Å². The molecule has 0 saturated carbocycles. The number of aryl methyl sites for hydroxylation is 2. The van der Waals surface area contributed by atoms with E-state index in [9.17, 15) is 4.79 Å². The van der Waals surface area contributed by atoms with Gasteiger partial charge in [0.05, 0.1) is 7.11 Å². The highest BCUT2D eigenvalue weighted by Gasteiger charge is 2.17. The quantitative estimate of drug-likeness (QED) is 0.844. The summed E-state index contributed by atoms with van der Waals surface area (Å²) < 4.78 is 4.73. The third kappa shape index (κ3) is 2.27. The minimum Gasteiger partial charge on any atom is -0.464 e. The Balaban J connectivity index is 2.47. The average molecular weight is 244 g/mol. The van der Waals surface area contributed by atoms with Crippen LogP contribution >= 0.6 is 0 Å². The first kappa shape index (κ1) is 12.4. The second-order valence-corrected chi connectivity index (χ2v) is 4.13. The summed E-state index contributed by atoms with van der Waals surface area (Å²) in [5, 5.41) is 0. The summed E-state index contributed by atoms with van der Waals surface area (Å²) in [4.78, 5) is 19.1. The Hall–Kier alpha value is -2.10. The van der Waals surface area contributed by atoms with E-state index in [1.165, 1.54) is 7.11 Å². The van der Waals surface area contributed by atoms with Crippen LogP contribution in [0.4, 0.5) is 0 Å². The molecule has 0 aliphatic heterocycles. The summed E-state index contributed by atoms with van der Waals surface area (Å²) in [6.45, 7) is 3.99. The number of hydrogen-bond donors (Lipinski definition) is 1. The van der Waals surface area contributed by atoms with Crippen molar-refractivity contribution in [2.75, 3.05) is 7.11 Å². The maximum atomic E-state index is 11.6. The van der Waals surface area contributed by atoms with Crippen LogP contribution in [0.3, 0.4) is 0 Å². The first-order valence-electron chi connectivity index (χ1n) is 5.90. The zero-order valence-corrected chi connectivity index (χ0v) is 10.8. The van der Waals surface area contributed by atoms with Crippen LogP contribution < -0.4 is 0 Å². The second-order valence-electron chi connectivity index (χ2n) is 4.13. The van der Waals surface area contributed by atoms with E-state index in [1.54, 1.807) is 0 Å². The Morgan fingerprint density at radius 3 is 2.83 bits per heavy atom. The number of aromatic nitrogens is 2. The molecule has 0 fully saturated rings. The highest BCUT2D eigenvalue weighted by atomic mass is 16.5. The van der Waals surface area contributed by atoms with Gasteiger partial charge in [0.25, 0.3) is 0 Å². The summed E-state index contributed by atoms with van der Waals surface area (Å²) in [7, 11) is 1.36. The number of rotatable bonds is 3. The summed E-state index contributed by atoms with van der Waals surface area (Å²) in [6, 6.07) is 7.98. The molecule has 18 heavy (non-hydrogen) atoms. The number of carbonyl (C=O) groups is 1. The van der Waals surface area contributed by atoms with Gasteiger partial charge in [-0.2, -0.15) is 0 Å². The Morgan fingerprint density at radius 1 is 1.44 bits per heavy atom. The number of benzene rings is 1. The van der Waals surface area contributed by atoms with Crippen LogP contribution in [0.5, 0.6) is 0 Å². The Labute approximate surface area is 106 Å². The first-order valence-corrected chi connectivity index (χ1v) is 5.90. The predicted octanol–water partition coefficient (Wildman–Crippen LogP) is 2.73. The van der Waals surface area contributed by atoms with Crippen molar-refractivity contribution in [1.29, 1.82) is 0 Å². The third-order valence-corrected chi connectivity index (χ3v) is 2.80. The lowest BCUT2D eigenvalue weighted by atomic mass is 10.1. The van der Waals surface area contributed by atoms with E-state index in [-0.39, 0.29) is 0 Å².